The van der Waals surface area contributed by atoms with E-state index in [0.29, 0.717) is 0 Å². The van der Waals surface area contributed by atoms with Gasteiger partial charge in [0.1, 0.15) is 5.82 Å². The first-order valence-corrected chi connectivity index (χ1v) is 7.26. The third-order valence-corrected chi connectivity index (χ3v) is 3.76. The van der Waals surface area contributed by atoms with Crippen molar-refractivity contribution in [2.75, 3.05) is 19.0 Å². The number of hydrogen-bond donors (Lipinski definition) is 1. The standard InChI is InChI=1S/C18H23FN2/c1-13(15-8-10-18(11-9-15)21(3)4)20-14(2)16-6-5-7-17(19)12-16/h5-14,20H,1-4H3/t13?,14-/m0/s1. The molecule has 1 unspecified atom stereocenters. The van der Waals surface area contributed by atoms with Crippen molar-refractivity contribution in [2.24, 2.45) is 0 Å². The quantitative estimate of drug-likeness (QED) is 0.881. The molecular weight excluding hydrogens is 263 g/mol. The fourth-order valence-electron chi connectivity index (χ4n) is 2.40. The van der Waals surface area contributed by atoms with Crippen LogP contribution in [-0.4, -0.2) is 14.1 Å². The Morgan fingerprint density at radius 3 is 2.10 bits per heavy atom. The van der Waals surface area contributed by atoms with Crippen LogP contribution >= 0.6 is 0 Å². The van der Waals surface area contributed by atoms with E-state index >= 15 is 0 Å². The number of halogens is 1. The van der Waals surface area contributed by atoms with Crippen molar-refractivity contribution < 1.29 is 4.39 Å². The summed E-state index contributed by atoms with van der Waals surface area (Å²) in [6, 6.07) is 15.5. The Labute approximate surface area is 126 Å². The van der Waals surface area contributed by atoms with Gasteiger partial charge in [-0.05, 0) is 49.2 Å². The molecule has 2 rings (SSSR count). The number of nitrogens with one attached hydrogen (secondary N) is 1. The third-order valence-electron chi connectivity index (χ3n) is 3.76. The topological polar surface area (TPSA) is 15.3 Å². The monoisotopic (exact) mass is 286 g/mol. The minimum absolute atomic E-state index is 0.101. The van der Waals surface area contributed by atoms with Crippen molar-refractivity contribution >= 4 is 5.69 Å². The lowest BCUT2D eigenvalue weighted by Gasteiger charge is -2.21. The molecule has 0 bridgehead atoms. The lowest BCUT2D eigenvalue weighted by atomic mass is 10.0. The lowest BCUT2D eigenvalue weighted by molar-refractivity contribution is 0.492. The largest absolute Gasteiger partial charge is 0.378 e. The first-order valence-electron chi connectivity index (χ1n) is 7.26. The summed E-state index contributed by atoms with van der Waals surface area (Å²) in [5.41, 5.74) is 3.37. The molecule has 1 N–H and O–H groups in total. The van der Waals surface area contributed by atoms with E-state index in [1.807, 2.05) is 20.2 Å². The normalized spacial score (nSPS) is 13.8. The van der Waals surface area contributed by atoms with Gasteiger partial charge in [0.25, 0.3) is 0 Å². The van der Waals surface area contributed by atoms with Crippen LogP contribution in [-0.2, 0) is 0 Å². The summed E-state index contributed by atoms with van der Waals surface area (Å²) < 4.78 is 13.3. The summed E-state index contributed by atoms with van der Waals surface area (Å²) in [7, 11) is 4.06. The second kappa shape index (κ2) is 6.72. The average molecular weight is 286 g/mol. The van der Waals surface area contributed by atoms with Gasteiger partial charge >= 0.3 is 0 Å². The molecule has 112 valence electrons. The molecule has 0 aliphatic carbocycles. The minimum atomic E-state index is -0.191. The van der Waals surface area contributed by atoms with Crippen molar-refractivity contribution in [1.82, 2.24) is 5.32 Å². The fourth-order valence-corrected chi connectivity index (χ4v) is 2.40. The van der Waals surface area contributed by atoms with Gasteiger partial charge in [0, 0.05) is 31.9 Å². The Hall–Kier alpha value is -1.87. The van der Waals surface area contributed by atoms with Crippen molar-refractivity contribution in [1.29, 1.82) is 0 Å². The molecule has 2 nitrogen and oxygen atoms in total. The number of benzene rings is 2. The van der Waals surface area contributed by atoms with Crippen molar-refractivity contribution in [3.8, 4) is 0 Å². The molecule has 2 aromatic rings. The zero-order chi connectivity index (χ0) is 15.4. The van der Waals surface area contributed by atoms with Gasteiger partial charge in [-0.15, -0.1) is 0 Å². The van der Waals surface area contributed by atoms with E-state index in [-0.39, 0.29) is 17.9 Å². The number of anilines is 1. The van der Waals surface area contributed by atoms with Crippen LogP contribution in [0.2, 0.25) is 0 Å². The van der Waals surface area contributed by atoms with E-state index in [0.717, 1.165) is 5.56 Å². The van der Waals surface area contributed by atoms with Crippen LogP contribution in [0, 0.1) is 5.82 Å². The third kappa shape index (κ3) is 4.05. The molecule has 0 heterocycles. The summed E-state index contributed by atoms with van der Waals surface area (Å²) in [6.45, 7) is 4.18. The summed E-state index contributed by atoms with van der Waals surface area (Å²) >= 11 is 0. The number of hydrogen-bond acceptors (Lipinski definition) is 2. The number of rotatable bonds is 5. The first kappa shape index (κ1) is 15.5. The van der Waals surface area contributed by atoms with Crippen LogP contribution in [0.25, 0.3) is 0 Å². The molecular formula is C18H23FN2. The van der Waals surface area contributed by atoms with Crippen LogP contribution in [0.15, 0.2) is 48.5 Å². The fraction of sp³-hybridized carbons (Fsp3) is 0.333. The zero-order valence-electron chi connectivity index (χ0n) is 13.1. The van der Waals surface area contributed by atoms with Gasteiger partial charge in [-0.1, -0.05) is 24.3 Å². The molecule has 3 heteroatoms. The van der Waals surface area contributed by atoms with Crippen LogP contribution in [0.5, 0.6) is 0 Å². The van der Waals surface area contributed by atoms with Gasteiger partial charge in [-0.2, -0.15) is 0 Å². The highest BCUT2D eigenvalue weighted by Gasteiger charge is 2.11. The van der Waals surface area contributed by atoms with Gasteiger partial charge in [-0.3, -0.25) is 0 Å². The Balaban J connectivity index is 2.05. The van der Waals surface area contributed by atoms with E-state index in [4.69, 9.17) is 0 Å². The SMILES string of the molecule is CC(N[C@@H](C)c1cccc(F)c1)c1ccc(N(C)C)cc1. The molecule has 0 saturated heterocycles. The van der Waals surface area contributed by atoms with E-state index in [1.54, 1.807) is 12.1 Å². The minimum Gasteiger partial charge on any atom is -0.378 e. The van der Waals surface area contributed by atoms with E-state index in [1.165, 1.54) is 17.3 Å². The van der Waals surface area contributed by atoms with Crippen LogP contribution in [0.4, 0.5) is 10.1 Å². The van der Waals surface area contributed by atoms with E-state index in [9.17, 15) is 4.39 Å². The zero-order valence-corrected chi connectivity index (χ0v) is 13.1. The predicted molar refractivity (Wildman–Crippen MR) is 87.1 cm³/mol. The highest BCUT2D eigenvalue weighted by atomic mass is 19.1. The molecule has 0 spiro atoms. The highest BCUT2D eigenvalue weighted by Crippen LogP contribution is 2.22. The van der Waals surface area contributed by atoms with Crippen LogP contribution < -0.4 is 10.2 Å². The molecule has 0 aliphatic rings. The Morgan fingerprint density at radius 1 is 0.905 bits per heavy atom. The molecule has 21 heavy (non-hydrogen) atoms. The molecule has 0 amide bonds. The molecule has 0 saturated carbocycles. The first-order chi connectivity index (χ1) is 9.97. The van der Waals surface area contributed by atoms with E-state index in [2.05, 4.69) is 48.3 Å². The maximum atomic E-state index is 13.3. The Kier molecular flexibility index (Phi) is 4.97. The second-order valence-corrected chi connectivity index (χ2v) is 5.65. The smallest absolute Gasteiger partial charge is 0.123 e. The summed E-state index contributed by atoms with van der Waals surface area (Å²) in [5.74, 6) is -0.191. The average Bonchev–Trinajstić information content (AvgIpc) is 2.47. The lowest BCUT2D eigenvalue weighted by Crippen LogP contribution is -2.22. The van der Waals surface area contributed by atoms with Crippen LogP contribution in [0.3, 0.4) is 0 Å². The maximum Gasteiger partial charge on any atom is 0.123 e. The summed E-state index contributed by atoms with van der Waals surface area (Å²) in [5, 5.41) is 3.51. The van der Waals surface area contributed by atoms with Crippen molar-refractivity contribution in [3.63, 3.8) is 0 Å². The van der Waals surface area contributed by atoms with E-state index < -0.39 is 0 Å². The number of nitrogens with zero attached hydrogens (tertiary/aromatic N) is 1. The molecule has 0 aromatic heterocycles. The maximum absolute atomic E-state index is 13.3. The van der Waals surface area contributed by atoms with Crippen molar-refractivity contribution in [3.05, 3.63) is 65.5 Å². The molecule has 0 fully saturated rings. The second-order valence-electron chi connectivity index (χ2n) is 5.65. The molecule has 2 atom stereocenters. The molecule has 0 radical (unpaired) electrons. The van der Waals surface area contributed by atoms with Gasteiger partial charge in [0.05, 0.1) is 0 Å². The van der Waals surface area contributed by atoms with Gasteiger partial charge in [0.2, 0.25) is 0 Å². The van der Waals surface area contributed by atoms with Gasteiger partial charge in [0.15, 0.2) is 0 Å². The van der Waals surface area contributed by atoms with Crippen molar-refractivity contribution in [2.45, 2.75) is 25.9 Å². The Morgan fingerprint density at radius 2 is 1.52 bits per heavy atom. The van der Waals surface area contributed by atoms with Gasteiger partial charge < -0.3 is 10.2 Å². The van der Waals surface area contributed by atoms with Gasteiger partial charge in [-0.25, -0.2) is 4.39 Å². The highest BCUT2D eigenvalue weighted by molar-refractivity contribution is 5.46. The Bertz CT molecular complexity index is 578. The summed E-state index contributed by atoms with van der Waals surface area (Å²) in [6.07, 6.45) is 0. The molecule has 2 aromatic carbocycles. The molecule has 0 aliphatic heterocycles. The summed E-state index contributed by atoms with van der Waals surface area (Å²) in [4.78, 5) is 2.08. The predicted octanol–water partition coefficient (Wildman–Crippen LogP) is 4.30. The van der Waals surface area contributed by atoms with Crippen LogP contribution in [0.1, 0.15) is 37.1 Å².